The molecule has 1 saturated carbocycles. The first-order chi connectivity index (χ1) is 16.0. The third kappa shape index (κ3) is 4.73. The van der Waals surface area contributed by atoms with E-state index >= 15 is 0 Å². The van der Waals surface area contributed by atoms with Crippen LogP contribution < -0.4 is 15.8 Å². The van der Waals surface area contributed by atoms with Gasteiger partial charge < -0.3 is 15.2 Å². The van der Waals surface area contributed by atoms with Crippen LogP contribution >= 0.6 is 0 Å². The molecule has 9 heteroatoms. The normalized spacial score (nSPS) is 20.7. The van der Waals surface area contributed by atoms with Gasteiger partial charge in [-0.1, -0.05) is 6.92 Å². The lowest BCUT2D eigenvalue weighted by Crippen LogP contribution is -2.46. The summed E-state index contributed by atoms with van der Waals surface area (Å²) in [5.74, 6) is -0.326. The Morgan fingerprint density at radius 2 is 1.97 bits per heavy atom. The Kier molecular flexibility index (Phi) is 5.80. The third-order valence-corrected chi connectivity index (χ3v) is 6.36. The number of H-pyrrole nitrogens is 1. The molecule has 4 heterocycles. The number of aryl methyl sites for hydroxylation is 1. The Hall–Kier alpha value is -3.33. The quantitative estimate of drug-likeness (QED) is 0.597. The standard InChI is InChI=1S/C24H27FN6O2/c1-2-16-10-21-22(29-23(16)32)9-15(12-26-21)14-30-5-7-31(8-6-30)17-3-4-19(27-13-17)24(33)28-20-11-18(20)25/h3-4,9-10,12-13,18,20H,2,5-8,11,14H2,1H3,(H,28,33)(H,29,32)/t18-,20+/m1/s1. The number of aromatic nitrogens is 3. The van der Waals surface area contributed by atoms with Crippen molar-refractivity contribution in [2.45, 2.75) is 38.5 Å². The second-order valence-electron chi connectivity index (χ2n) is 8.75. The van der Waals surface area contributed by atoms with Crippen molar-refractivity contribution in [2.24, 2.45) is 0 Å². The predicted octanol–water partition coefficient (Wildman–Crippen LogP) is 2.04. The van der Waals surface area contributed by atoms with E-state index in [1.54, 1.807) is 12.3 Å². The van der Waals surface area contributed by atoms with Gasteiger partial charge in [0.2, 0.25) is 0 Å². The van der Waals surface area contributed by atoms with Crippen LogP contribution in [0.15, 0.2) is 41.5 Å². The molecule has 1 aliphatic heterocycles. The second-order valence-corrected chi connectivity index (χ2v) is 8.75. The van der Waals surface area contributed by atoms with Crippen LogP contribution in [0.2, 0.25) is 0 Å². The molecule has 1 saturated heterocycles. The Morgan fingerprint density at radius 1 is 1.18 bits per heavy atom. The van der Waals surface area contributed by atoms with Gasteiger partial charge in [0.05, 0.1) is 29.0 Å². The summed E-state index contributed by atoms with van der Waals surface area (Å²) in [4.78, 5) is 40.6. The summed E-state index contributed by atoms with van der Waals surface area (Å²) in [6.45, 7) is 6.17. The van der Waals surface area contributed by atoms with Crippen LogP contribution in [0.5, 0.6) is 0 Å². The molecule has 0 radical (unpaired) electrons. The minimum absolute atomic E-state index is 0.0474. The second kappa shape index (κ2) is 8.90. The number of amides is 1. The maximum Gasteiger partial charge on any atom is 0.270 e. The molecule has 1 aliphatic carbocycles. The lowest BCUT2D eigenvalue weighted by molar-refractivity contribution is 0.0942. The lowest BCUT2D eigenvalue weighted by atomic mass is 10.1. The molecule has 8 nitrogen and oxygen atoms in total. The number of nitrogens with one attached hydrogen (secondary N) is 2. The highest BCUT2D eigenvalue weighted by Gasteiger charge is 2.39. The van der Waals surface area contributed by atoms with Crippen molar-refractivity contribution >= 4 is 22.6 Å². The number of alkyl halides is 1. The number of piperazine rings is 1. The molecule has 172 valence electrons. The van der Waals surface area contributed by atoms with Crippen LogP contribution in [-0.4, -0.2) is 64.2 Å². The summed E-state index contributed by atoms with van der Waals surface area (Å²) in [5.41, 5.74) is 4.63. The van der Waals surface area contributed by atoms with E-state index in [9.17, 15) is 14.0 Å². The predicted molar refractivity (Wildman–Crippen MR) is 124 cm³/mol. The number of halogens is 1. The van der Waals surface area contributed by atoms with E-state index in [-0.39, 0.29) is 17.5 Å². The summed E-state index contributed by atoms with van der Waals surface area (Å²) in [7, 11) is 0. The highest BCUT2D eigenvalue weighted by atomic mass is 19.1. The molecule has 3 aromatic rings. The number of hydrogen-bond acceptors (Lipinski definition) is 6. The first-order valence-electron chi connectivity index (χ1n) is 11.4. The molecule has 2 aliphatic rings. The number of fused-ring (bicyclic) bond motifs is 1. The van der Waals surface area contributed by atoms with Gasteiger partial charge in [-0.15, -0.1) is 0 Å². The maximum absolute atomic E-state index is 13.0. The van der Waals surface area contributed by atoms with Crippen molar-refractivity contribution in [2.75, 3.05) is 31.1 Å². The molecule has 0 aromatic carbocycles. The molecule has 1 amide bonds. The topological polar surface area (TPSA) is 94.2 Å². The van der Waals surface area contributed by atoms with Gasteiger partial charge in [0.1, 0.15) is 11.9 Å². The molecule has 2 fully saturated rings. The van der Waals surface area contributed by atoms with Gasteiger partial charge in [0, 0.05) is 50.9 Å². The number of aromatic amines is 1. The zero-order valence-corrected chi connectivity index (χ0v) is 18.6. The van der Waals surface area contributed by atoms with E-state index in [0.29, 0.717) is 18.5 Å². The van der Waals surface area contributed by atoms with Crippen molar-refractivity contribution in [1.82, 2.24) is 25.2 Å². The minimum Gasteiger partial charge on any atom is -0.368 e. The molecule has 5 rings (SSSR count). The van der Waals surface area contributed by atoms with Crippen LogP contribution in [0.3, 0.4) is 0 Å². The molecule has 2 atom stereocenters. The number of carbonyl (C=O) groups is 1. The number of carbonyl (C=O) groups excluding carboxylic acids is 1. The van der Waals surface area contributed by atoms with Gasteiger partial charge in [0.25, 0.3) is 11.5 Å². The highest BCUT2D eigenvalue weighted by molar-refractivity contribution is 5.93. The molecule has 3 aromatic heterocycles. The molecule has 2 N–H and O–H groups in total. The highest BCUT2D eigenvalue weighted by Crippen LogP contribution is 2.25. The van der Waals surface area contributed by atoms with E-state index in [4.69, 9.17) is 0 Å². The molecule has 33 heavy (non-hydrogen) atoms. The summed E-state index contributed by atoms with van der Waals surface area (Å²) in [5, 5.41) is 2.65. The van der Waals surface area contributed by atoms with Gasteiger partial charge in [-0.25, -0.2) is 9.37 Å². The van der Waals surface area contributed by atoms with Gasteiger partial charge >= 0.3 is 0 Å². The first kappa shape index (κ1) is 21.5. The fraction of sp³-hybridized carbons (Fsp3) is 0.417. The molecule has 0 spiro atoms. The Bertz CT molecular complexity index is 1220. The van der Waals surface area contributed by atoms with Crippen LogP contribution in [0, 0.1) is 0 Å². The molecular weight excluding hydrogens is 423 g/mol. The van der Waals surface area contributed by atoms with E-state index in [1.165, 1.54) is 0 Å². The van der Waals surface area contributed by atoms with E-state index in [1.807, 2.05) is 31.3 Å². The number of rotatable bonds is 6. The van der Waals surface area contributed by atoms with Crippen molar-refractivity contribution in [3.8, 4) is 0 Å². The van der Waals surface area contributed by atoms with Crippen LogP contribution in [-0.2, 0) is 13.0 Å². The largest absolute Gasteiger partial charge is 0.368 e. The van der Waals surface area contributed by atoms with Gasteiger partial charge in [0.15, 0.2) is 0 Å². The Labute approximate surface area is 190 Å². The van der Waals surface area contributed by atoms with Crippen LogP contribution in [0.25, 0.3) is 11.0 Å². The first-order valence-corrected chi connectivity index (χ1v) is 11.4. The zero-order valence-electron chi connectivity index (χ0n) is 18.6. The fourth-order valence-corrected chi connectivity index (χ4v) is 4.20. The number of nitrogens with zero attached hydrogens (tertiary/aromatic N) is 4. The smallest absolute Gasteiger partial charge is 0.270 e. The zero-order chi connectivity index (χ0) is 22.9. The lowest BCUT2D eigenvalue weighted by Gasteiger charge is -2.36. The molecule has 0 bridgehead atoms. The summed E-state index contributed by atoms with van der Waals surface area (Å²) in [6, 6.07) is 7.10. The fourth-order valence-electron chi connectivity index (χ4n) is 4.20. The van der Waals surface area contributed by atoms with Gasteiger partial charge in [-0.3, -0.25) is 19.5 Å². The van der Waals surface area contributed by atoms with Crippen molar-refractivity contribution in [3.05, 3.63) is 63.8 Å². The summed E-state index contributed by atoms with van der Waals surface area (Å²) in [6.07, 6.45) is 3.74. The summed E-state index contributed by atoms with van der Waals surface area (Å²) < 4.78 is 13.0. The summed E-state index contributed by atoms with van der Waals surface area (Å²) >= 11 is 0. The number of pyridine rings is 3. The third-order valence-electron chi connectivity index (χ3n) is 6.36. The van der Waals surface area contributed by atoms with Crippen LogP contribution in [0.1, 0.15) is 35.0 Å². The van der Waals surface area contributed by atoms with Crippen molar-refractivity contribution in [1.29, 1.82) is 0 Å². The van der Waals surface area contributed by atoms with E-state index in [2.05, 4.69) is 30.1 Å². The maximum atomic E-state index is 13.0. The average molecular weight is 451 g/mol. The van der Waals surface area contributed by atoms with Crippen molar-refractivity contribution in [3.63, 3.8) is 0 Å². The minimum atomic E-state index is -0.925. The number of anilines is 1. The number of hydrogen-bond donors (Lipinski definition) is 2. The SMILES string of the molecule is CCc1cc2ncc(CN3CCN(c4ccc(C(=O)N[C@H]5C[C@H]5F)nc4)CC3)cc2[nH]c1=O. The Balaban J connectivity index is 1.17. The van der Waals surface area contributed by atoms with Crippen LogP contribution in [0.4, 0.5) is 10.1 Å². The van der Waals surface area contributed by atoms with E-state index < -0.39 is 6.17 Å². The Morgan fingerprint density at radius 3 is 2.64 bits per heavy atom. The van der Waals surface area contributed by atoms with E-state index in [0.717, 1.165) is 60.6 Å². The van der Waals surface area contributed by atoms with Gasteiger partial charge in [-0.05, 0) is 36.2 Å². The van der Waals surface area contributed by atoms with Gasteiger partial charge in [-0.2, -0.15) is 0 Å². The monoisotopic (exact) mass is 450 g/mol. The molecule has 0 unspecified atom stereocenters. The molecular formula is C24H27FN6O2. The average Bonchev–Trinajstić information content (AvgIpc) is 3.53. The van der Waals surface area contributed by atoms with Crippen molar-refractivity contribution < 1.29 is 9.18 Å².